The van der Waals surface area contributed by atoms with Gasteiger partial charge in [0.05, 0.1) is 38.6 Å². The maximum Gasteiger partial charge on any atom is 0.220 e. The van der Waals surface area contributed by atoms with E-state index in [0.29, 0.717) is 12.8 Å². The number of hydrogen-bond donors (Lipinski definition) is 12. The van der Waals surface area contributed by atoms with Crippen molar-refractivity contribution in [1.82, 2.24) is 5.32 Å². The molecule has 0 aromatic carbocycles. The first-order valence-corrected chi connectivity index (χ1v) is 39.5. The number of carbonyl (C=O) groups excluding carboxylic acids is 1. The monoisotopic (exact) mass is 1390 g/mol. The molecule has 17 unspecified atom stereocenters. The zero-order valence-corrected chi connectivity index (χ0v) is 61.0. The summed E-state index contributed by atoms with van der Waals surface area (Å²) in [5, 5.41) is 121. The molecule has 572 valence electrons. The second-order valence-electron chi connectivity index (χ2n) is 28.2. The minimum atomic E-state index is -1.98. The topological polar surface area (TPSA) is 307 Å². The standard InChI is InChI=1S/C79H143NO18/c1-3-5-7-9-11-13-15-17-19-21-23-25-26-27-28-29-30-31-32-33-34-35-37-38-40-42-44-46-48-50-52-54-56-63(84)62(80-67(85)57-55-53-51-49-47-45-43-41-39-36-24-22-20-18-16-14-12-10-8-6-4-2)61-93-77-73(91)70(88)75(65(59-82)95-77)98-79-74(92)71(89)76(66(60-83)96-79)97-78-72(90)69(87)68(86)64(58-81)94-78/h6,8,12,14,18,20,24,36,41,43,62-66,68-79,81-84,86-92H,3-5,7,9-11,13,15-17,19,21-23,25-35,37-40,42,44-61H2,1-2H3,(H,80,85)/b8-6-,14-12-,20-18-,36-24-,43-41-. The lowest BCUT2D eigenvalue weighted by atomic mass is 9.96. The predicted molar refractivity (Wildman–Crippen MR) is 388 cm³/mol. The number of amides is 1. The SMILES string of the molecule is CC/C=C\C/C=C\C/C=C\C/C=C\C/C=C\CCCCCCCC(=O)NC(COC1OC(CO)C(OC2OC(CO)C(OC3OC(CO)C(O)C(O)C3O)C(O)C2O)C(O)C1O)C(O)CCCCCCCCCCCCCCCCCCCCCCCCCCCCCCCCCC. The summed E-state index contributed by atoms with van der Waals surface area (Å²) in [4.78, 5) is 13.5. The minimum Gasteiger partial charge on any atom is -0.394 e. The molecular weight excluding hydrogens is 1250 g/mol. The molecule has 19 nitrogen and oxygen atoms in total. The van der Waals surface area contributed by atoms with Gasteiger partial charge in [-0.25, -0.2) is 0 Å². The second-order valence-corrected chi connectivity index (χ2v) is 28.2. The third-order valence-electron chi connectivity index (χ3n) is 19.6. The summed E-state index contributed by atoms with van der Waals surface area (Å²) in [6.07, 6.45) is 48.8. The Morgan fingerprint density at radius 1 is 0.378 bits per heavy atom. The first kappa shape index (κ1) is 89.7. The van der Waals surface area contributed by atoms with E-state index in [1.54, 1.807) is 0 Å². The molecule has 3 saturated heterocycles. The molecule has 19 heteroatoms. The van der Waals surface area contributed by atoms with Crippen LogP contribution in [0.4, 0.5) is 0 Å². The first-order chi connectivity index (χ1) is 47.8. The van der Waals surface area contributed by atoms with Crippen LogP contribution in [0.2, 0.25) is 0 Å². The van der Waals surface area contributed by atoms with Crippen molar-refractivity contribution < 1.29 is 89.4 Å². The highest BCUT2D eigenvalue weighted by molar-refractivity contribution is 5.76. The Bertz CT molecular complexity index is 2010. The van der Waals surface area contributed by atoms with Gasteiger partial charge in [-0.05, 0) is 57.8 Å². The van der Waals surface area contributed by atoms with Crippen LogP contribution in [0.5, 0.6) is 0 Å². The molecule has 0 saturated carbocycles. The van der Waals surface area contributed by atoms with Crippen molar-refractivity contribution in [2.45, 2.75) is 407 Å². The summed E-state index contributed by atoms with van der Waals surface area (Å²) in [5.74, 6) is -0.260. The number of rotatable bonds is 62. The zero-order valence-electron chi connectivity index (χ0n) is 61.0. The van der Waals surface area contributed by atoms with Crippen LogP contribution in [0.1, 0.15) is 303 Å². The molecular formula is C79H143NO18. The second kappa shape index (κ2) is 59.8. The Morgan fingerprint density at radius 2 is 0.704 bits per heavy atom. The van der Waals surface area contributed by atoms with E-state index in [-0.39, 0.29) is 18.9 Å². The number of allylic oxidation sites excluding steroid dienone is 10. The van der Waals surface area contributed by atoms with Crippen molar-refractivity contribution in [2.24, 2.45) is 0 Å². The average molecular weight is 1400 g/mol. The van der Waals surface area contributed by atoms with Crippen LogP contribution < -0.4 is 5.32 Å². The average Bonchev–Trinajstić information content (AvgIpc) is 0.784. The molecule has 0 radical (unpaired) electrons. The number of ether oxygens (including phenoxy) is 6. The summed E-state index contributed by atoms with van der Waals surface area (Å²) in [7, 11) is 0. The van der Waals surface area contributed by atoms with Gasteiger partial charge in [0.2, 0.25) is 5.91 Å². The van der Waals surface area contributed by atoms with E-state index >= 15 is 0 Å². The highest BCUT2D eigenvalue weighted by Crippen LogP contribution is 2.33. The van der Waals surface area contributed by atoms with E-state index in [4.69, 9.17) is 28.4 Å². The summed E-state index contributed by atoms with van der Waals surface area (Å²) >= 11 is 0. The molecule has 1 amide bonds. The predicted octanol–water partition coefficient (Wildman–Crippen LogP) is 12.7. The number of unbranched alkanes of at least 4 members (excludes halogenated alkanes) is 36. The Morgan fingerprint density at radius 3 is 1.10 bits per heavy atom. The van der Waals surface area contributed by atoms with Gasteiger partial charge in [0.1, 0.15) is 73.2 Å². The zero-order chi connectivity index (χ0) is 71.1. The van der Waals surface area contributed by atoms with Gasteiger partial charge in [-0.2, -0.15) is 0 Å². The lowest BCUT2D eigenvalue weighted by Gasteiger charge is -2.48. The van der Waals surface area contributed by atoms with Crippen molar-refractivity contribution >= 4 is 5.91 Å². The quantitative estimate of drug-likeness (QED) is 0.0199. The molecule has 12 N–H and O–H groups in total. The number of nitrogens with one attached hydrogen (secondary N) is 1. The molecule has 98 heavy (non-hydrogen) atoms. The summed E-state index contributed by atoms with van der Waals surface area (Å²) in [5.41, 5.74) is 0. The summed E-state index contributed by atoms with van der Waals surface area (Å²) in [6.45, 7) is 1.70. The number of aliphatic hydroxyl groups is 11. The Labute approximate surface area is 592 Å². The summed E-state index contributed by atoms with van der Waals surface area (Å²) < 4.78 is 34.5. The van der Waals surface area contributed by atoms with Crippen molar-refractivity contribution in [2.75, 3.05) is 26.4 Å². The van der Waals surface area contributed by atoms with Crippen molar-refractivity contribution in [3.05, 3.63) is 60.8 Å². The fraction of sp³-hybridized carbons (Fsp3) is 0.861. The molecule has 17 atom stereocenters. The van der Waals surface area contributed by atoms with E-state index < -0.39 is 124 Å². The maximum absolute atomic E-state index is 13.5. The smallest absolute Gasteiger partial charge is 0.220 e. The van der Waals surface area contributed by atoms with Crippen LogP contribution in [-0.2, 0) is 33.2 Å². The van der Waals surface area contributed by atoms with Gasteiger partial charge in [0.15, 0.2) is 18.9 Å². The van der Waals surface area contributed by atoms with Gasteiger partial charge in [0.25, 0.3) is 0 Å². The lowest BCUT2D eigenvalue weighted by molar-refractivity contribution is -0.379. The van der Waals surface area contributed by atoms with Crippen LogP contribution >= 0.6 is 0 Å². The van der Waals surface area contributed by atoms with Gasteiger partial charge in [0, 0.05) is 6.42 Å². The molecule has 0 spiro atoms. The van der Waals surface area contributed by atoms with Crippen LogP contribution in [0.25, 0.3) is 0 Å². The van der Waals surface area contributed by atoms with E-state index in [1.165, 1.54) is 180 Å². The van der Waals surface area contributed by atoms with Crippen LogP contribution in [0.15, 0.2) is 60.8 Å². The lowest BCUT2D eigenvalue weighted by Crippen LogP contribution is -2.66. The molecule has 3 fully saturated rings. The molecule has 3 aliphatic rings. The Balaban J connectivity index is 1.37. The van der Waals surface area contributed by atoms with Gasteiger partial charge in [-0.1, -0.05) is 299 Å². The first-order valence-electron chi connectivity index (χ1n) is 39.5. The molecule has 3 aliphatic heterocycles. The van der Waals surface area contributed by atoms with Crippen LogP contribution in [0.3, 0.4) is 0 Å². The largest absolute Gasteiger partial charge is 0.394 e. The Kier molecular flexibility index (Phi) is 54.8. The molecule has 0 aliphatic carbocycles. The number of aliphatic hydroxyl groups excluding tert-OH is 11. The van der Waals surface area contributed by atoms with Crippen molar-refractivity contribution in [1.29, 1.82) is 0 Å². The van der Waals surface area contributed by atoms with Crippen LogP contribution in [0, 0.1) is 0 Å². The fourth-order valence-corrected chi connectivity index (χ4v) is 13.3. The number of hydrogen-bond acceptors (Lipinski definition) is 18. The van der Waals surface area contributed by atoms with Crippen molar-refractivity contribution in [3.8, 4) is 0 Å². The minimum absolute atomic E-state index is 0.242. The fourth-order valence-electron chi connectivity index (χ4n) is 13.3. The van der Waals surface area contributed by atoms with Gasteiger partial charge >= 0.3 is 0 Å². The molecule has 3 rings (SSSR count). The van der Waals surface area contributed by atoms with E-state index in [9.17, 15) is 61.0 Å². The maximum atomic E-state index is 13.5. The van der Waals surface area contributed by atoms with E-state index in [0.717, 1.165) is 89.9 Å². The molecule has 0 aromatic heterocycles. The Hall–Kier alpha value is -2.51. The third-order valence-corrected chi connectivity index (χ3v) is 19.6. The van der Waals surface area contributed by atoms with E-state index in [1.807, 2.05) is 0 Å². The van der Waals surface area contributed by atoms with Gasteiger partial charge in [-0.15, -0.1) is 0 Å². The molecule has 0 aromatic rings. The molecule has 0 bridgehead atoms. The van der Waals surface area contributed by atoms with Gasteiger partial charge in [-0.3, -0.25) is 4.79 Å². The third kappa shape index (κ3) is 39.9. The highest BCUT2D eigenvalue weighted by Gasteiger charge is 2.54. The van der Waals surface area contributed by atoms with Crippen LogP contribution in [-0.4, -0.2) is 193 Å². The van der Waals surface area contributed by atoms with Gasteiger partial charge < -0.3 is 89.9 Å². The highest BCUT2D eigenvalue weighted by atomic mass is 16.8. The van der Waals surface area contributed by atoms with E-state index in [2.05, 4.69) is 79.9 Å². The van der Waals surface area contributed by atoms with Crippen molar-refractivity contribution in [3.63, 3.8) is 0 Å². The summed E-state index contributed by atoms with van der Waals surface area (Å²) in [6, 6.07) is -0.903. The molecule has 3 heterocycles. The normalized spacial score (nSPS) is 27.1. The number of carbonyl (C=O) groups is 1.